The van der Waals surface area contributed by atoms with Crippen LogP contribution >= 0.6 is 23.2 Å². The highest BCUT2D eigenvalue weighted by Gasteiger charge is 2.45. The Morgan fingerprint density at radius 2 is 1.80 bits per heavy atom. The number of aliphatic hydroxyl groups excluding tert-OH is 4. The fraction of sp³-hybridized carbons (Fsp3) is 0.650. The summed E-state index contributed by atoms with van der Waals surface area (Å²) in [5.41, 5.74) is -0.126. The lowest BCUT2D eigenvalue weighted by molar-refractivity contribution is -0.277. The molecular formula is C20H27Cl2NO7. The standard InChI is InChI=1S/C20H27Cl2NO7/c1-20(7-3-2-4-8-20)19(28)23-10-5-6-11(14(22)13(10)21)29-18-17(27)16(26)15(25)12(9-24)30-18/h5-6,12,15-18,24-27H,2-4,7-9H2,1H3,(H,23,28)/t12-,15-,16+,17-,18-/m1/s1. The lowest BCUT2D eigenvalue weighted by atomic mass is 9.75. The highest BCUT2D eigenvalue weighted by molar-refractivity contribution is 6.44. The van der Waals surface area contributed by atoms with E-state index in [1.807, 2.05) is 6.92 Å². The third-order valence-electron chi connectivity index (χ3n) is 5.89. The highest BCUT2D eigenvalue weighted by atomic mass is 35.5. The number of rotatable bonds is 5. The Morgan fingerprint density at radius 1 is 1.13 bits per heavy atom. The van der Waals surface area contributed by atoms with Crippen LogP contribution in [0, 0.1) is 5.41 Å². The Bertz CT molecular complexity index is 770. The van der Waals surface area contributed by atoms with Crippen LogP contribution in [0.5, 0.6) is 5.75 Å². The van der Waals surface area contributed by atoms with Gasteiger partial charge in [-0.15, -0.1) is 0 Å². The van der Waals surface area contributed by atoms with E-state index < -0.39 is 42.7 Å². The highest BCUT2D eigenvalue weighted by Crippen LogP contribution is 2.41. The van der Waals surface area contributed by atoms with Gasteiger partial charge in [0, 0.05) is 5.41 Å². The summed E-state index contributed by atoms with van der Waals surface area (Å²) in [5, 5.41) is 42.0. The third kappa shape index (κ3) is 4.70. The summed E-state index contributed by atoms with van der Waals surface area (Å²) in [7, 11) is 0. The Labute approximate surface area is 184 Å². The van der Waals surface area contributed by atoms with Crippen LogP contribution < -0.4 is 10.1 Å². The number of hydrogen-bond acceptors (Lipinski definition) is 7. The minimum Gasteiger partial charge on any atom is -0.460 e. The predicted molar refractivity (Wildman–Crippen MR) is 111 cm³/mol. The van der Waals surface area contributed by atoms with Crippen LogP contribution in [0.25, 0.3) is 0 Å². The second-order valence-corrected chi connectivity index (χ2v) is 8.89. The minimum absolute atomic E-state index is 0.0137. The van der Waals surface area contributed by atoms with Gasteiger partial charge in [-0.3, -0.25) is 4.79 Å². The molecule has 1 amide bonds. The fourth-order valence-corrected chi connectivity index (χ4v) is 4.25. The molecule has 2 aliphatic rings. The van der Waals surface area contributed by atoms with Gasteiger partial charge < -0.3 is 35.2 Å². The topological polar surface area (TPSA) is 128 Å². The van der Waals surface area contributed by atoms with Crippen LogP contribution in [-0.4, -0.2) is 63.6 Å². The van der Waals surface area contributed by atoms with Crippen LogP contribution in [0.15, 0.2) is 12.1 Å². The van der Waals surface area contributed by atoms with E-state index in [0.717, 1.165) is 32.1 Å². The summed E-state index contributed by atoms with van der Waals surface area (Å²) in [5.74, 6) is -0.0735. The molecule has 168 valence electrons. The molecular weight excluding hydrogens is 437 g/mol. The number of carbonyl (C=O) groups is 1. The van der Waals surface area contributed by atoms with E-state index in [4.69, 9.17) is 32.7 Å². The summed E-state index contributed by atoms with van der Waals surface area (Å²) < 4.78 is 10.9. The normalized spacial score (nSPS) is 31.2. The first-order valence-corrected chi connectivity index (χ1v) is 10.7. The maximum absolute atomic E-state index is 12.8. The number of amides is 1. The van der Waals surface area contributed by atoms with Crippen molar-refractivity contribution in [3.8, 4) is 5.75 Å². The molecule has 2 fully saturated rings. The zero-order valence-electron chi connectivity index (χ0n) is 16.6. The van der Waals surface area contributed by atoms with Gasteiger partial charge in [0.05, 0.1) is 17.3 Å². The number of ether oxygens (including phenoxy) is 2. The van der Waals surface area contributed by atoms with Crippen molar-refractivity contribution in [2.75, 3.05) is 11.9 Å². The number of anilines is 1. The Kier molecular flexibility index (Phi) is 7.50. The fourth-order valence-electron chi connectivity index (χ4n) is 3.84. The molecule has 1 aliphatic heterocycles. The lowest BCUT2D eigenvalue weighted by Crippen LogP contribution is -2.60. The second kappa shape index (κ2) is 9.56. The summed E-state index contributed by atoms with van der Waals surface area (Å²) in [4.78, 5) is 12.8. The Morgan fingerprint density at radius 3 is 2.43 bits per heavy atom. The maximum atomic E-state index is 12.8. The van der Waals surface area contributed by atoms with Gasteiger partial charge in [0.15, 0.2) is 0 Å². The Hall–Kier alpha value is -1.13. The van der Waals surface area contributed by atoms with Crippen molar-refractivity contribution in [3.63, 3.8) is 0 Å². The van der Waals surface area contributed by atoms with Gasteiger partial charge in [-0.05, 0) is 25.0 Å². The molecule has 0 unspecified atom stereocenters. The molecule has 1 aliphatic carbocycles. The van der Waals surface area contributed by atoms with E-state index in [1.54, 1.807) is 0 Å². The number of hydrogen-bond donors (Lipinski definition) is 5. The van der Waals surface area contributed by atoms with E-state index in [2.05, 4.69) is 5.32 Å². The van der Waals surface area contributed by atoms with Crippen molar-refractivity contribution in [2.45, 2.75) is 69.7 Å². The van der Waals surface area contributed by atoms with E-state index in [9.17, 15) is 25.2 Å². The molecule has 5 atom stereocenters. The predicted octanol–water partition coefficient (Wildman–Crippen LogP) is 2.08. The number of halogens is 2. The van der Waals surface area contributed by atoms with Gasteiger partial charge in [0.25, 0.3) is 0 Å². The number of nitrogens with one attached hydrogen (secondary N) is 1. The first kappa shape index (κ1) is 23.5. The van der Waals surface area contributed by atoms with Crippen molar-refractivity contribution in [2.24, 2.45) is 5.41 Å². The summed E-state index contributed by atoms with van der Waals surface area (Å²) in [6.45, 7) is 1.36. The van der Waals surface area contributed by atoms with Gasteiger partial charge in [-0.25, -0.2) is 0 Å². The van der Waals surface area contributed by atoms with Crippen LogP contribution in [-0.2, 0) is 9.53 Å². The Balaban J connectivity index is 1.74. The molecule has 1 heterocycles. The molecule has 0 radical (unpaired) electrons. The number of carbonyl (C=O) groups excluding carboxylic acids is 1. The average Bonchev–Trinajstić information content (AvgIpc) is 2.74. The van der Waals surface area contributed by atoms with Crippen LogP contribution in [0.4, 0.5) is 5.69 Å². The van der Waals surface area contributed by atoms with Crippen molar-refractivity contribution in [1.29, 1.82) is 0 Å². The van der Waals surface area contributed by atoms with Crippen molar-refractivity contribution >= 4 is 34.8 Å². The van der Waals surface area contributed by atoms with Crippen LogP contribution in [0.2, 0.25) is 10.0 Å². The lowest BCUT2D eigenvalue weighted by Gasteiger charge is -2.39. The second-order valence-electron chi connectivity index (χ2n) is 8.13. The molecule has 0 bridgehead atoms. The quantitative estimate of drug-likeness (QED) is 0.451. The molecule has 3 rings (SSSR count). The maximum Gasteiger partial charge on any atom is 0.230 e. The summed E-state index contributed by atoms with van der Waals surface area (Å²) in [6, 6.07) is 2.98. The molecule has 1 saturated carbocycles. The molecule has 30 heavy (non-hydrogen) atoms. The largest absolute Gasteiger partial charge is 0.460 e. The molecule has 1 aromatic rings. The SMILES string of the molecule is CC1(C(=O)Nc2ccc(O[C@@H]3O[C@H](CO)[C@@H](O)[C@H](O)[C@H]3O)c(Cl)c2Cl)CCCCC1. The molecule has 0 aromatic heterocycles. The summed E-state index contributed by atoms with van der Waals surface area (Å²) >= 11 is 12.6. The zero-order valence-corrected chi connectivity index (χ0v) is 18.1. The van der Waals surface area contributed by atoms with E-state index in [0.29, 0.717) is 5.69 Å². The van der Waals surface area contributed by atoms with Crippen molar-refractivity contribution in [1.82, 2.24) is 0 Å². The number of benzene rings is 1. The van der Waals surface area contributed by atoms with Gasteiger partial charge in [-0.1, -0.05) is 49.4 Å². The van der Waals surface area contributed by atoms with E-state index in [1.165, 1.54) is 12.1 Å². The molecule has 0 spiro atoms. The van der Waals surface area contributed by atoms with Gasteiger partial charge in [-0.2, -0.15) is 0 Å². The first-order valence-electron chi connectivity index (χ1n) is 9.94. The van der Waals surface area contributed by atoms with E-state index in [-0.39, 0.29) is 21.7 Å². The van der Waals surface area contributed by atoms with Gasteiger partial charge >= 0.3 is 0 Å². The van der Waals surface area contributed by atoms with Gasteiger partial charge in [0.2, 0.25) is 12.2 Å². The third-order valence-corrected chi connectivity index (χ3v) is 6.76. The van der Waals surface area contributed by atoms with Crippen LogP contribution in [0.1, 0.15) is 39.0 Å². The van der Waals surface area contributed by atoms with Crippen molar-refractivity contribution < 1.29 is 34.7 Å². The molecule has 1 saturated heterocycles. The monoisotopic (exact) mass is 463 g/mol. The zero-order chi connectivity index (χ0) is 22.1. The first-order chi connectivity index (χ1) is 14.2. The average molecular weight is 464 g/mol. The summed E-state index contributed by atoms with van der Waals surface area (Å²) in [6.07, 6.45) is -2.41. The van der Waals surface area contributed by atoms with Gasteiger partial charge in [0.1, 0.15) is 35.2 Å². The number of aliphatic hydroxyl groups is 4. The van der Waals surface area contributed by atoms with E-state index >= 15 is 0 Å². The molecule has 5 N–H and O–H groups in total. The molecule has 1 aromatic carbocycles. The smallest absolute Gasteiger partial charge is 0.230 e. The molecule has 10 heteroatoms. The van der Waals surface area contributed by atoms with Crippen molar-refractivity contribution in [3.05, 3.63) is 22.2 Å². The minimum atomic E-state index is -1.58. The molecule has 8 nitrogen and oxygen atoms in total. The van der Waals surface area contributed by atoms with Crippen LogP contribution in [0.3, 0.4) is 0 Å².